The maximum Gasteiger partial charge on any atom is 0.314 e. The molecule has 0 saturated carbocycles. The molecule has 32 heavy (non-hydrogen) atoms. The average molecular weight is 447 g/mol. The molecule has 0 spiro atoms. The molecule has 7 heteroatoms. The fourth-order valence-electron chi connectivity index (χ4n) is 4.98. The minimum atomic E-state index is -0.311. The van der Waals surface area contributed by atoms with Crippen molar-refractivity contribution in [3.8, 4) is 5.75 Å². The number of nitrogens with two attached hydrogens (primary N) is 1. The van der Waals surface area contributed by atoms with Crippen molar-refractivity contribution in [3.05, 3.63) is 29.8 Å². The highest BCUT2D eigenvalue weighted by molar-refractivity contribution is 5.72. The summed E-state index contributed by atoms with van der Waals surface area (Å²) in [5.41, 5.74) is 6.90. The average Bonchev–Trinajstić information content (AvgIpc) is 2.82. The predicted octanol–water partition coefficient (Wildman–Crippen LogP) is 2.93. The van der Waals surface area contributed by atoms with Crippen molar-refractivity contribution < 1.29 is 14.3 Å². The van der Waals surface area contributed by atoms with E-state index in [9.17, 15) is 4.79 Å². The number of piperazine rings is 1. The van der Waals surface area contributed by atoms with Crippen molar-refractivity contribution in [1.29, 1.82) is 0 Å². The molecule has 2 heterocycles. The molecule has 2 saturated heterocycles. The third kappa shape index (κ3) is 6.83. The van der Waals surface area contributed by atoms with Gasteiger partial charge in [0.15, 0.2) is 0 Å². The normalized spacial score (nSPS) is 19.3. The van der Waals surface area contributed by atoms with Gasteiger partial charge in [-0.2, -0.15) is 0 Å². The second kappa shape index (κ2) is 12.4. The van der Waals surface area contributed by atoms with Crippen LogP contribution in [0.15, 0.2) is 24.3 Å². The molecule has 0 atom stereocenters. The van der Waals surface area contributed by atoms with E-state index >= 15 is 0 Å². The molecule has 2 fully saturated rings. The highest BCUT2D eigenvalue weighted by Crippen LogP contribution is 2.36. The summed E-state index contributed by atoms with van der Waals surface area (Å²) < 4.78 is 11.7. The lowest BCUT2D eigenvalue weighted by Crippen LogP contribution is -2.54. The first-order chi connectivity index (χ1) is 15.6. The summed E-state index contributed by atoms with van der Waals surface area (Å²) in [6.45, 7) is 14.3. The Balaban J connectivity index is 1.55. The number of hydrogen-bond donors (Lipinski definition) is 1. The van der Waals surface area contributed by atoms with E-state index in [-0.39, 0.29) is 11.4 Å². The first kappa shape index (κ1) is 24.8. The minimum absolute atomic E-state index is 0.0907. The number of amides is 2. The summed E-state index contributed by atoms with van der Waals surface area (Å²) in [5, 5.41) is 0. The maximum atomic E-state index is 11.4. The van der Waals surface area contributed by atoms with Gasteiger partial charge in [0.05, 0.1) is 6.61 Å². The van der Waals surface area contributed by atoms with E-state index in [0.717, 1.165) is 84.1 Å². The Labute approximate surface area is 193 Å². The molecule has 0 aromatic heterocycles. The van der Waals surface area contributed by atoms with Gasteiger partial charge in [-0.05, 0) is 56.5 Å². The molecule has 0 unspecified atom stereocenters. The van der Waals surface area contributed by atoms with Crippen LogP contribution in [-0.2, 0) is 10.2 Å². The van der Waals surface area contributed by atoms with Gasteiger partial charge in [-0.25, -0.2) is 4.79 Å². The Bertz CT molecular complexity index is 683. The van der Waals surface area contributed by atoms with Crippen molar-refractivity contribution in [2.75, 3.05) is 72.2 Å². The Morgan fingerprint density at radius 2 is 1.78 bits per heavy atom. The summed E-state index contributed by atoms with van der Waals surface area (Å²) in [7, 11) is 0. The molecule has 2 aliphatic heterocycles. The van der Waals surface area contributed by atoms with Crippen molar-refractivity contribution in [1.82, 2.24) is 14.7 Å². The highest BCUT2D eigenvalue weighted by atomic mass is 16.5. The molecule has 0 bridgehead atoms. The van der Waals surface area contributed by atoms with Gasteiger partial charge in [0.25, 0.3) is 0 Å². The summed E-state index contributed by atoms with van der Waals surface area (Å²) in [6.07, 6.45) is 4.29. The Kier molecular flexibility index (Phi) is 9.63. The van der Waals surface area contributed by atoms with E-state index in [1.165, 1.54) is 12.0 Å². The fourth-order valence-corrected chi connectivity index (χ4v) is 4.98. The zero-order valence-electron chi connectivity index (χ0n) is 20.1. The molecule has 2 aliphatic rings. The van der Waals surface area contributed by atoms with E-state index in [1.54, 1.807) is 4.90 Å². The number of carbonyl (C=O) groups excluding carboxylic acids is 1. The molecular weight excluding hydrogens is 404 g/mol. The number of rotatable bonds is 11. The van der Waals surface area contributed by atoms with Crippen LogP contribution in [0.1, 0.15) is 45.1 Å². The van der Waals surface area contributed by atoms with E-state index in [2.05, 4.69) is 47.9 Å². The lowest BCUT2D eigenvalue weighted by Gasteiger charge is -2.44. The summed E-state index contributed by atoms with van der Waals surface area (Å²) in [4.78, 5) is 18.1. The Hall–Kier alpha value is -1.83. The number of ether oxygens (including phenoxy) is 2. The van der Waals surface area contributed by atoms with Crippen LogP contribution in [0, 0.1) is 0 Å². The van der Waals surface area contributed by atoms with Crippen LogP contribution in [0.5, 0.6) is 5.75 Å². The van der Waals surface area contributed by atoms with Crippen LogP contribution in [0.4, 0.5) is 4.79 Å². The van der Waals surface area contributed by atoms with Crippen LogP contribution in [0.25, 0.3) is 0 Å². The number of urea groups is 1. The van der Waals surface area contributed by atoms with Crippen LogP contribution in [0.2, 0.25) is 0 Å². The summed E-state index contributed by atoms with van der Waals surface area (Å²) in [5.74, 6) is 0.949. The predicted molar refractivity (Wildman–Crippen MR) is 128 cm³/mol. The molecule has 1 aromatic carbocycles. The summed E-state index contributed by atoms with van der Waals surface area (Å²) >= 11 is 0. The van der Waals surface area contributed by atoms with Gasteiger partial charge in [0, 0.05) is 57.9 Å². The SMILES string of the molecule is CCCN(CC)CCCOc1ccc(C2(CN3CCN(C(N)=O)CC3)CCOCC2)cc1. The van der Waals surface area contributed by atoms with Crippen molar-refractivity contribution in [2.24, 2.45) is 5.73 Å². The molecule has 1 aromatic rings. The monoisotopic (exact) mass is 446 g/mol. The fraction of sp³-hybridized carbons (Fsp3) is 0.720. The largest absolute Gasteiger partial charge is 0.494 e. The van der Waals surface area contributed by atoms with Gasteiger partial charge in [-0.1, -0.05) is 26.0 Å². The first-order valence-electron chi connectivity index (χ1n) is 12.4. The third-order valence-corrected chi connectivity index (χ3v) is 7.00. The molecule has 7 nitrogen and oxygen atoms in total. The van der Waals surface area contributed by atoms with Crippen molar-refractivity contribution >= 4 is 6.03 Å². The molecule has 2 amide bonds. The van der Waals surface area contributed by atoms with Crippen LogP contribution >= 0.6 is 0 Å². The van der Waals surface area contributed by atoms with Crippen molar-refractivity contribution in [3.63, 3.8) is 0 Å². The molecular formula is C25H42N4O3. The number of nitrogens with zero attached hydrogens (tertiary/aromatic N) is 3. The lowest BCUT2D eigenvalue weighted by atomic mass is 9.73. The number of primary amides is 1. The van der Waals surface area contributed by atoms with Gasteiger partial charge in [0.2, 0.25) is 0 Å². The smallest absolute Gasteiger partial charge is 0.314 e. The standard InChI is InChI=1S/C25H42N4O3/c1-3-12-27(4-2)13-5-18-32-23-8-6-22(7-9-23)25(10-19-31-20-11-25)21-28-14-16-29(17-15-28)24(26)30/h6-9H,3-5,10-21H2,1-2H3,(H2,26,30). The Morgan fingerprint density at radius 1 is 1.09 bits per heavy atom. The second-order valence-corrected chi connectivity index (χ2v) is 9.15. The van der Waals surface area contributed by atoms with E-state index in [1.807, 2.05) is 0 Å². The second-order valence-electron chi connectivity index (χ2n) is 9.15. The molecule has 0 radical (unpaired) electrons. The summed E-state index contributed by atoms with van der Waals surface area (Å²) in [6, 6.07) is 8.43. The van der Waals surface area contributed by atoms with Crippen LogP contribution in [0.3, 0.4) is 0 Å². The van der Waals surface area contributed by atoms with E-state index in [0.29, 0.717) is 13.1 Å². The molecule has 3 rings (SSSR count). The minimum Gasteiger partial charge on any atom is -0.494 e. The van der Waals surface area contributed by atoms with Gasteiger partial charge in [0.1, 0.15) is 5.75 Å². The van der Waals surface area contributed by atoms with Gasteiger partial charge < -0.3 is 25.0 Å². The first-order valence-corrected chi connectivity index (χ1v) is 12.4. The zero-order valence-corrected chi connectivity index (χ0v) is 20.1. The Morgan fingerprint density at radius 3 is 2.38 bits per heavy atom. The van der Waals surface area contributed by atoms with E-state index in [4.69, 9.17) is 15.2 Å². The molecule has 180 valence electrons. The highest BCUT2D eigenvalue weighted by Gasteiger charge is 2.37. The lowest BCUT2D eigenvalue weighted by molar-refractivity contribution is 0.0271. The third-order valence-electron chi connectivity index (χ3n) is 7.00. The van der Waals surface area contributed by atoms with Gasteiger partial charge >= 0.3 is 6.03 Å². The topological polar surface area (TPSA) is 71.3 Å². The van der Waals surface area contributed by atoms with Gasteiger partial charge in [-0.3, -0.25) is 4.90 Å². The number of benzene rings is 1. The number of carbonyl (C=O) groups is 1. The molecule has 2 N–H and O–H groups in total. The zero-order chi connectivity index (χ0) is 22.8. The van der Waals surface area contributed by atoms with Gasteiger partial charge in [-0.15, -0.1) is 0 Å². The maximum absolute atomic E-state index is 11.4. The number of hydrogen-bond acceptors (Lipinski definition) is 5. The van der Waals surface area contributed by atoms with E-state index < -0.39 is 0 Å². The molecule has 0 aliphatic carbocycles. The van der Waals surface area contributed by atoms with Crippen molar-refractivity contribution in [2.45, 2.75) is 44.9 Å². The quantitative estimate of drug-likeness (QED) is 0.529. The van der Waals surface area contributed by atoms with Crippen LogP contribution in [-0.4, -0.2) is 92.9 Å². The van der Waals surface area contributed by atoms with Crippen LogP contribution < -0.4 is 10.5 Å².